The van der Waals surface area contributed by atoms with Crippen LogP contribution in [0.1, 0.15) is 32.9 Å². The Bertz CT molecular complexity index is 307. The van der Waals surface area contributed by atoms with Gasteiger partial charge in [-0.15, -0.1) is 0 Å². The first-order valence-corrected chi connectivity index (χ1v) is 6.02. The fourth-order valence-corrected chi connectivity index (χ4v) is 1.48. The summed E-state index contributed by atoms with van der Waals surface area (Å²) in [6.07, 6.45) is 3.45. The molecule has 0 spiro atoms. The molecule has 0 atom stereocenters. The standard InChI is InChI=1S/C12H23N3O/c1-5-6-13-12-14-11(4)9-15(12)7-8-16-10(2)3/h9-10H,5-8H2,1-4H3,(H,13,14). The van der Waals surface area contributed by atoms with E-state index in [9.17, 15) is 0 Å². The number of aromatic nitrogens is 2. The molecule has 0 bridgehead atoms. The van der Waals surface area contributed by atoms with Gasteiger partial charge in [0.05, 0.1) is 18.4 Å². The van der Waals surface area contributed by atoms with Gasteiger partial charge in [-0.25, -0.2) is 4.98 Å². The van der Waals surface area contributed by atoms with E-state index in [0.717, 1.165) is 37.8 Å². The molecule has 0 aromatic carbocycles. The summed E-state index contributed by atoms with van der Waals surface area (Å²) in [7, 11) is 0. The third kappa shape index (κ3) is 4.23. The highest BCUT2D eigenvalue weighted by Gasteiger charge is 2.04. The van der Waals surface area contributed by atoms with E-state index >= 15 is 0 Å². The minimum Gasteiger partial charge on any atom is -0.377 e. The summed E-state index contributed by atoms with van der Waals surface area (Å²) in [6.45, 7) is 10.8. The highest BCUT2D eigenvalue weighted by molar-refractivity contribution is 5.28. The number of nitrogens with zero attached hydrogens (tertiary/aromatic N) is 2. The SMILES string of the molecule is CCCNc1nc(C)cn1CCOC(C)C. The van der Waals surface area contributed by atoms with Crippen LogP contribution in [-0.4, -0.2) is 28.8 Å². The van der Waals surface area contributed by atoms with Crippen molar-refractivity contribution in [3.8, 4) is 0 Å². The second kappa shape index (κ2) is 6.53. The summed E-state index contributed by atoms with van der Waals surface area (Å²) in [5, 5.41) is 3.32. The predicted molar refractivity (Wildman–Crippen MR) is 66.8 cm³/mol. The van der Waals surface area contributed by atoms with Gasteiger partial charge in [-0.05, 0) is 27.2 Å². The lowest BCUT2D eigenvalue weighted by molar-refractivity contribution is 0.0730. The van der Waals surface area contributed by atoms with Crippen molar-refractivity contribution in [1.82, 2.24) is 9.55 Å². The van der Waals surface area contributed by atoms with Crippen LogP contribution in [0.2, 0.25) is 0 Å². The molecule has 0 aliphatic rings. The molecule has 0 unspecified atom stereocenters. The molecule has 1 aromatic heterocycles. The summed E-state index contributed by atoms with van der Waals surface area (Å²) in [4.78, 5) is 4.44. The van der Waals surface area contributed by atoms with Crippen LogP contribution >= 0.6 is 0 Å². The van der Waals surface area contributed by atoms with Gasteiger partial charge in [0.1, 0.15) is 0 Å². The summed E-state index contributed by atoms with van der Waals surface area (Å²) in [6, 6.07) is 0. The van der Waals surface area contributed by atoms with Gasteiger partial charge in [0.25, 0.3) is 0 Å². The van der Waals surface area contributed by atoms with Gasteiger partial charge < -0.3 is 14.6 Å². The lowest BCUT2D eigenvalue weighted by atomic mass is 10.5. The molecule has 1 aromatic rings. The zero-order chi connectivity index (χ0) is 12.0. The quantitative estimate of drug-likeness (QED) is 0.774. The summed E-state index contributed by atoms with van der Waals surface area (Å²) >= 11 is 0. The van der Waals surface area contributed by atoms with Crippen LogP contribution < -0.4 is 5.32 Å². The fourth-order valence-electron chi connectivity index (χ4n) is 1.48. The number of aryl methyl sites for hydroxylation is 1. The summed E-state index contributed by atoms with van der Waals surface area (Å²) < 4.78 is 7.66. The lowest BCUT2D eigenvalue weighted by Gasteiger charge is -2.11. The normalized spacial score (nSPS) is 11.1. The van der Waals surface area contributed by atoms with Gasteiger partial charge in [-0.3, -0.25) is 0 Å². The second-order valence-corrected chi connectivity index (χ2v) is 4.25. The molecule has 0 amide bonds. The molecule has 1 rings (SSSR count). The molecule has 0 saturated carbocycles. The van der Waals surface area contributed by atoms with Crippen molar-refractivity contribution >= 4 is 5.95 Å². The zero-order valence-corrected chi connectivity index (χ0v) is 10.8. The smallest absolute Gasteiger partial charge is 0.203 e. The van der Waals surface area contributed by atoms with E-state index in [1.54, 1.807) is 0 Å². The highest BCUT2D eigenvalue weighted by atomic mass is 16.5. The monoisotopic (exact) mass is 225 g/mol. The number of rotatable bonds is 7. The first kappa shape index (κ1) is 13.0. The van der Waals surface area contributed by atoms with Crippen molar-refractivity contribution in [3.05, 3.63) is 11.9 Å². The molecule has 92 valence electrons. The van der Waals surface area contributed by atoms with Gasteiger partial charge in [-0.2, -0.15) is 0 Å². The number of nitrogens with one attached hydrogen (secondary N) is 1. The van der Waals surface area contributed by atoms with Gasteiger partial charge in [0.2, 0.25) is 5.95 Å². The lowest BCUT2D eigenvalue weighted by Crippen LogP contribution is -2.13. The Kier molecular flexibility index (Phi) is 5.32. The number of anilines is 1. The van der Waals surface area contributed by atoms with E-state index in [-0.39, 0.29) is 6.10 Å². The van der Waals surface area contributed by atoms with Crippen LogP contribution in [0.3, 0.4) is 0 Å². The van der Waals surface area contributed by atoms with Crippen molar-refractivity contribution in [2.45, 2.75) is 46.8 Å². The topological polar surface area (TPSA) is 39.1 Å². The van der Waals surface area contributed by atoms with Crippen molar-refractivity contribution in [3.63, 3.8) is 0 Å². The molecule has 0 aliphatic heterocycles. The first-order chi connectivity index (χ1) is 7.63. The molecule has 1 N–H and O–H groups in total. The van der Waals surface area contributed by atoms with Gasteiger partial charge in [0.15, 0.2) is 0 Å². The molecule has 4 heteroatoms. The maximum absolute atomic E-state index is 5.54. The fraction of sp³-hybridized carbons (Fsp3) is 0.750. The molecule has 16 heavy (non-hydrogen) atoms. The van der Waals surface area contributed by atoms with E-state index in [4.69, 9.17) is 4.74 Å². The molecule has 4 nitrogen and oxygen atoms in total. The van der Waals surface area contributed by atoms with Crippen molar-refractivity contribution in [2.24, 2.45) is 0 Å². The molecule has 0 fully saturated rings. The molecule has 0 saturated heterocycles. The number of hydrogen-bond acceptors (Lipinski definition) is 3. The van der Waals surface area contributed by atoms with Gasteiger partial charge in [-0.1, -0.05) is 6.92 Å². The van der Waals surface area contributed by atoms with E-state index in [1.165, 1.54) is 0 Å². The summed E-state index contributed by atoms with van der Waals surface area (Å²) in [5.41, 5.74) is 1.04. The van der Waals surface area contributed by atoms with Gasteiger partial charge >= 0.3 is 0 Å². The minimum atomic E-state index is 0.289. The van der Waals surface area contributed by atoms with E-state index in [2.05, 4.69) is 41.8 Å². The average Bonchev–Trinajstić information content (AvgIpc) is 2.55. The molecule has 0 radical (unpaired) electrons. The average molecular weight is 225 g/mol. The summed E-state index contributed by atoms with van der Waals surface area (Å²) in [5.74, 6) is 0.951. The Hall–Kier alpha value is -1.03. The largest absolute Gasteiger partial charge is 0.377 e. The Morgan fingerprint density at radius 1 is 1.50 bits per heavy atom. The Balaban J connectivity index is 2.49. The van der Waals surface area contributed by atoms with Crippen molar-refractivity contribution in [1.29, 1.82) is 0 Å². The maximum atomic E-state index is 5.54. The highest BCUT2D eigenvalue weighted by Crippen LogP contribution is 2.08. The van der Waals surface area contributed by atoms with Crippen molar-refractivity contribution in [2.75, 3.05) is 18.5 Å². The minimum absolute atomic E-state index is 0.289. The Morgan fingerprint density at radius 3 is 2.88 bits per heavy atom. The molecular formula is C12H23N3O. The molecule has 0 aliphatic carbocycles. The third-order valence-electron chi connectivity index (χ3n) is 2.21. The van der Waals surface area contributed by atoms with Gasteiger partial charge in [0, 0.05) is 19.3 Å². The van der Waals surface area contributed by atoms with Crippen LogP contribution in [0.15, 0.2) is 6.20 Å². The Labute approximate surface area is 98.0 Å². The van der Waals surface area contributed by atoms with Crippen LogP contribution in [0.25, 0.3) is 0 Å². The van der Waals surface area contributed by atoms with E-state index < -0.39 is 0 Å². The predicted octanol–water partition coefficient (Wildman–Crippen LogP) is 2.44. The third-order valence-corrected chi connectivity index (χ3v) is 2.21. The first-order valence-electron chi connectivity index (χ1n) is 6.02. The molecular weight excluding hydrogens is 202 g/mol. The maximum Gasteiger partial charge on any atom is 0.203 e. The van der Waals surface area contributed by atoms with Crippen LogP contribution in [0.4, 0.5) is 5.95 Å². The molecule has 1 heterocycles. The number of imidazole rings is 1. The van der Waals surface area contributed by atoms with Crippen LogP contribution in [0.5, 0.6) is 0 Å². The zero-order valence-electron chi connectivity index (χ0n) is 10.8. The van der Waals surface area contributed by atoms with E-state index in [0.29, 0.717) is 0 Å². The van der Waals surface area contributed by atoms with Crippen LogP contribution in [0, 0.1) is 6.92 Å². The Morgan fingerprint density at radius 2 is 2.25 bits per heavy atom. The number of hydrogen-bond donors (Lipinski definition) is 1. The van der Waals surface area contributed by atoms with Crippen LogP contribution in [-0.2, 0) is 11.3 Å². The number of ether oxygens (including phenoxy) is 1. The van der Waals surface area contributed by atoms with Crippen molar-refractivity contribution < 1.29 is 4.74 Å². The second-order valence-electron chi connectivity index (χ2n) is 4.25. The van der Waals surface area contributed by atoms with E-state index in [1.807, 2.05) is 6.92 Å².